The second-order valence-corrected chi connectivity index (χ2v) is 3.64. The minimum absolute atomic E-state index is 0.219. The molecule has 0 atom stereocenters. The van der Waals surface area contributed by atoms with Gasteiger partial charge in [0.15, 0.2) is 0 Å². The van der Waals surface area contributed by atoms with Crippen LogP contribution in [0.1, 0.15) is 10.4 Å². The van der Waals surface area contributed by atoms with E-state index in [1.165, 1.54) is 6.07 Å². The van der Waals surface area contributed by atoms with E-state index in [9.17, 15) is 4.79 Å². The van der Waals surface area contributed by atoms with E-state index in [0.717, 1.165) is 5.56 Å². The van der Waals surface area contributed by atoms with Crippen molar-refractivity contribution in [2.24, 2.45) is 0 Å². The molecule has 0 amide bonds. The lowest BCUT2D eigenvalue weighted by molar-refractivity contribution is 0.0697. The predicted molar refractivity (Wildman–Crippen MR) is 61.6 cm³/mol. The number of nitrogens with zero attached hydrogens (tertiary/aromatic N) is 1. The number of hydrogen-bond acceptors (Lipinski definition) is 2. The molecule has 16 heavy (non-hydrogen) atoms. The Bertz CT molecular complexity index is 526. The molecule has 0 aliphatic heterocycles. The van der Waals surface area contributed by atoms with Gasteiger partial charge in [-0.15, -0.1) is 0 Å². The van der Waals surface area contributed by atoms with E-state index < -0.39 is 5.97 Å². The standard InChI is InChI=1S/C12H8ClNO2/c13-11-2-1-9(12(15)16)7-10(11)8-3-5-14-6-4-8/h1-7H,(H,15,16). The number of rotatable bonds is 2. The Morgan fingerprint density at radius 1 is 1.19 bits per heavy atom. The van der Waals surface area contributed by atoms with Gasteiger partial charge in [-0.1, -0.05) is 11.6 Å². The molecule has 0 saturated carbocycles. The molecule has 2 aromatic rings. The smallest absolute Gasteiger partial charge is 0.335 e. The summed E-state index contributed by atoms with van der Waals surface area (Å²) in [6.07, 6.45) is 3.28. The maximum absolute atomic E-state index is 10.8. The van der Waals surface area contributed by atoms with Crippen molar-refractivity contribution in [1.82, 2.24) is 4.98 Å². The molecule has 0 aliphatic rings. The van der Waals surface area contributed by atoms with Crippen LogP contribution in [0.4, 0.5) is 0 Å². The van der Waals surface area contributed by atoms with E-state index in [-0.39, 0.29) is 5.56 Å². The fourth-order valence-electron chi connectivity index (χ4n) is 1.41. The molecule has 0 bridgehead atoms. The molecule has 4 heteroatoms. The van der Waals surface area contributed by atoms with E-state index in [0.29, 0.717) is 10.6 Å². The van der Waals surface area contributed by atoms with Gasteiger partial charge in [0.25, 0.3) is 0 Å². The Hall–Kier alpha value is -1.87. The molecular formula is C12H8ClNO2. The number of benzene rings is 1. The summed E-state index contributed by atoms with van der Waals surface area (Å²) in [6, 6.07) is 8.19. The molecule has 1 N–H and O–H groups in total. The normalized spacial score (nSPS) is 10.1. The number of halogens is 1. The molecular weight excluding hydrogens is 226 g/mol. The van der Waals surface area contributed by atoms with Crippen molar-refractivity contribution in [3.8, 4) is 11.1 Å². The van der Waals surface area contributed by atoms with E-state index >= 15 is 0 Å². The zero-order valence-electron chi connectivity index (χ0n) is 8.22. The number of carboxylic acids is 1. The van der Waals surface area contributed by atoms with Gasteiger partial charge in [0, 0.05) is 23.0 Å². The summed E-state index contributed by atoms with van der Waals surface area (Å²) in [6.45, 7) is 0. The minimum Gasteiger partial charge on any atom is -0.478 e. The molecule has 80 valence electrons. The van der Waals surface area contributed by atoms with Gasteiger partial charge in [0.2, 0.25) is 0 Å². The third-order valence-electron chi connectivity index (χ3n) is 2.20. The topological polar surface area (TPSA) is 50.2 Å². The molecule has 0 spiro atoms. The quantitative estimate of drug-likeness (QED) is 0.867. The van der Waals surface area contributed by atoms with Crippen LogP contribution in [0.3, 0.4) is 0 Å². The third-order valence-corrected chi connectivity index (χ3v) is 2.53. The van der Waals surface area contributed by atoms with Crippen LogP contribution in [0, 0.1) is 0 Å². The predicted octanol–water partition coefficient (Wildman–Crippen LogP) is 3.10. The number of carboxylic acid groups (broad SMARTS) is 1. The molecule has 0 saturated heterocycles. The largest absolute Gasteiger partial charge is 0.478 e. The zero-order chi connectivity index (χ0) is 11.5. The third kappa shape index (κ3) is 2.04. The van der Waals surface area contributed by atoms with E-state index in [2.05, 4.69) is 4.98 Å². The number of pyridine rings is 1. The molecule has 0 fully saturated rings. The summed E-state index contributed by atoms with van der Waals surface area (Å²) in [4.78, 5) is 14.7. The van der Waals surface area contributed by atoms with Gasteiger partial charge >= 0.3 is 5.97 Å². The summed E-state index contributed by atoms with van der Waals surface area (Å²) in [5, 5.41) is 9.42. The van der Waals surface area contributed by atoms with Gasteiger partial charge in [-0.3, -0.25) is 4.98 Å². The second-order valence-electron chi connectivity index (χ2n) is 3.24. The zero-order valence-corrected chi connectivity index (χ0v) is 8.98. The molecule has 2 rings (SSSR count). The van der Waals surface area contributed by atoms with Gasteiger partial charge in [-0.2, -0.15) is 0 Å². The minimum atomic E-state index is -0.966. The fourth-order valence-corrected chi connectivity index (χ4v) is 1.64. The van der Waals surface area contributed by atoms with E-state index in [1.54, 1.807) is 36.7 Å². The van der Waals surface area contributed by atoms with E-state index in [4.69, 9.17) is 16.7 Å². The maximum Gasteiger partial charge on any atom is 0.335 e. The lowest BCUT2D eigenvalue weighted by Gasteiger charge is -2.05. The number of aromatic carboxylic acids is 1. The van der Waals surface area contributed by atoms with Gasteiger partial charge in [-0.05, 0) is 35.9 Å². The molecule has 1 aromatic heterocycles. The first-order valence-electron chi connectivity index (χ1n) is 4.62. The lowest BCUT2D eigenvalue weighted by atomic mass is 10.0. The van der Waals surface area contributed by atoms with Crippen LogP contribution in [-0.4, -0.2) is 16.1 Å². The van der Waals surface area contributed by atoms with Crippen molar-refractivity contribution >= 4 is 17.6 Å². The van der Waals surface area contributed by atoms with Crippen LogP contribution < -0.4 is 0 Å². The Balaban J connectivity index is 2.56. The van der Waals surface area contributed by atoms with Crippen molar-refractivity contribution < 1.29 is 9.90 Å². The van der Waals surface area contributed by atoms with E-state index in [1.807, 2.05) is 0 Å². The van der Waals surface area contributed by atoms with Crippen molar-refractivity contribution in [1.29, 1.82) is 0 Å². The highest BCUT2D eigenvalue weighted by molar-refractivity contribution is 6.33. The highest BCUT2D eigenvalue weighted by Crippen LogP contribution is 2.28. The second kappa shape index (κ2) is 4.33. The van der Waals surface area contributed by atoms with Gasteiger partial charge < -0.3 is 5.11 Å². The SMILES string of the molecule is O=C(O)c1ccc(Cl)c(-c2ccncc2)c1. The number of aromatic nitrogens is 1. The Kier molecular flexibility index (Phi) is 2.88. The molecule has 1 heterocycles. The maximum atomic E-state index is 10.8. The summed E-state index contributed by atoms with van der Waals surface area (Å²) >= 11 is 6.02. The first-order valence-corrected chi connectivity index (χ1v) is 4.99. The summed E-state index contributed by atoms with van der Waals surface area (Å²) in [7, 11) is 0. The Labute approximate surface area is 97.3 Å². The fraction of sp³-hybridized carbons (Fsp3) is 0. The van der Waals surface area contributed by atoms with Crippen molar-refractivity contribution in [3.63, 3.8) is 0 Å². The Morgan fingerprint density at radius 3 is 2.50 bits per heavy atom. The first-order chi connectivity index (χ1) is 7.68. The molecule has 3 nitrogen and oxygen atoms in total. The average Bonchev–Trinajstić information content (AvgIpc) is 2.30. The van der Waals surface area contributed by atoms with Gasteiger partial charge in [0.1, 0.15) is 0 Å². The van der Waals surface area contributed by atoms with Crippen LogP contribution in [0.5, 0.6) is 0 Å². The van der Waals surface area contributed by atoms with Crippen LogP contribution in [0.25, 0.3) is 11.1 Å². The van der Waals surface area contributed by atoms with Crippen molar-refractivity contribution in [2.75, 3.05) is 0 Å². The van der Waals surface area contributed by atoms with Crippen molar-refractivity contribution in [2.45, 2.75) is 0 Å². The first kappa shape index (κ1) is 10.6. The van der Waals surface area contributed by atoms with Gasteiger partial charge in [0.05, 0.1) is 5.56 Å². The average molecular weight is 234 g/mol. The monoisotopic (exact) mass is 233 g/mol. The number of carbonyl (C=O) groups is 1. The highest BCUT2D eigenvalue weighted by Gasteiger charge is 2.08. The van der Waals surface area contributed by atoms with Crippen LogP contribution in [0.2, 0.25) is 5.02 Å². The van der Waals surface area contributed by atoms with Crippen LogP contribution >= 0.6 is 11.6 Å². The summed E-state index contributed by atoms with van der Waals surface area (Å²) in [5.41, 5.74) is 1.77. The summed E-state index contributed by atoms with van der Waals surface area (Å²) in [5.74, 6) is -0.966. The molecule has 0 radical (unpaired) electrons. The molecule has 0 aliphatic carbocycles. The number of hydrogen-bond donors (Lipinski definition) is 1. The summed E-state index contributed by atoms with van der Waals surface area (Å²) < 4.78 is 0. The molecule has 0 unspecified atom stereocenters. The van der Waals surface area contributed by atoms with Crippen LogP contribution in [0.15, 0.2) is 42.7 Å². The van der Waals surface area contributed by atoms with Gasteiger partial charge in [-0.25, -0.2) is 4.79 Å². The van der Waals surface area contributed by atoms with Crippen LogP contribution in [-0.2, 0) is 0 Å². The van der Waals surface area contributed by atoms with Crippen molar-refractivity contribution in [3.05, 3.63) is 53.3 Å². The lowest BCUT2D eigenvalue weighted by Crippen LogP contribution is -1.96. The Morgan fingerprint density at radius 2 is 1.88 bits per heavy atom. The molecule has 1 aromatic carbocycles. The highest BCUT2D eigenvalue weighted by atomic mass is 35.5.